The van der Waals surface area contributed by atoms with Crippen LogP contribution in [0.1, 0.15) is 63.9 Å². The quantitative estimate of drug-likeness (QED) is 0.154. The number of nitrogens with one attached hydrogen (secondary N) is 2. The number of pyridine rings is 1. The monoisotopic (exact) mass is 711 g/mol. The third kappa shape index (κ3) is 10.2. The van der Waals surface area contributed by atoms with Gasteiger partial charge in [0.05, 0.1) is 23.2 Å². The zero-order valence-electron chi connectivity index (χ0n) is 28.7. The van der Waals surface area contributed by atoms with Crippen LogP contribution in [0, 0.1) is 13.8 Å². The van der Waals surface area contributed by atoms with Gasteiger partial charge in [-0.05, 0) is 85.5 Å². The van der Waals surface area contributed by atoms with Crippen molar-refractivity contribution < 1.29 is 47.8 Å². The maximum absolute atomic E-state index is 12.7. The smallest absolute Gasteiger partial charge is 0.548 e. The van der Waals surface area contributed by atoms with Crippen LogP contribution in [-0.4, -0.2) is 41.9 Å². The van der Waals surface area contributed by atoms with E-state index in [1.54, 1.807) is 24.4 Å². The van der Waals surface area contributed by atoms with E-state index in [1.165, 1.54) is 6.20 Å². The number of aromatic nitrogens is 1. The van der Waals surface area contributed by atoms with Gasteiger partial charge < -0.3 is 34.7 Å². The zero-order chi connectivity index (χ0) is 34.8. The number of carboxylic acids is 1. The number of halogens is 2. The van der Waals surface area contributed by atoms with Gasteiger partial charge in [0, 0.05) is 54.6 Å². The maximum Gasteiger partial charge on any atom is 1.00 e. The van der Waals surface area contributed by atoms with Crippen LogP contribution in [-0.2, 0) is 24.6 Å². The Morgan fingerprint density at radius 1 is 1.02 bits per heavy atom. The van der Waals surface area contributed by atoms with E-state index in [0.717, 1.165) is 40.0 Å². The molecule has 9 nitrogen and oxygen atoms in total. The molecular weight excluding hydrogens is 672 g/mol. The third-order valence-electron chi connectivity index (χ3n) is 8.53. The van der Waals surface area contributed by atoms with E-state index in [0.29, 0.717) is 71.5 Å². The molecule has 0 saturated carbocycles. The Morgan fingerprint density at radius 2 is 1.80 bits per heavy atom. The van der Waals surface area contributed by atoms with Crippen LogP contribution < -0.4 is 48.8 Å². The van der Waals surface area contributed by atoms with Crippen LogP contribution in [0.15, 0.2) is 67.0 Å². The largest absolute Gasteiger partial charge is 1.00 e. The molecule has 1 amide bonds. The van der Waals surface area contributed by atoms with Gasteiger partial charge in [-0.25, -0.2) is 0 Å². The Bertz CT molecular complexity index is 1790. The molecule has 0 radical (unpaired) electrons. The zero-order valence-corrected chi connectivity index (χ0v) is 30.2. The van der Waals surface area contributed by atoms with E-state index >= 15 is 0 Å². The summed E-state index contributed by atoms with van der Waals surface area (Å²) in [4.78, 5) is 28.8. The molecule has 1 aliphatic rings. The molecule has 4 aromatic rings. The molecule has 3 aromatic carbocycles. The number of aliphatic carboxylic acids is 1. The number of ether oxygens (including phenoxy) is 3. The molecule has 1 aliphatic heterocycles. The summed E-state index contributed by atoms with van der Waals surface area (Å²) in [5.74, 6) is 0.796. The Labute approximate surface area is 315 Å². The number of amides is 1. The van der Waals surface area contributed by atoms with Crippen LogP contribution in [0.3, 0.4) is 0 Å². The summed E-state index contributed by atoms with van der Waals surface area (Å²) >= 11 is 12.6. The summed E-state index contributed by atoms with van der Waals surface area (Å²) in [5.41, 5.74) is 7.01. The summed E-state index contributed by atoms with van der Waals surface area (Å²) in [6.07, 6.45) is 5.44. The predicted molar refractivity (Wildman–Crippen MR) is 188 cm³/mol. The fourth-order valence-electron chi connectivity index (χ4n) is 5.71. The fourth-order valence-corrected chi connectivity index (χ4v) is 6.06. The Morgan fingerprint density at radius 3 is 2.58 bits per heavy atom. The second kappa shape index (κ2) is 19.0. The second-order valence-electron chi connectivity index (χ2n) is 12.0. The summed E-state index contributed by atoms with van der Waals surface area (Å²) in [7, 11) is 0. The van der Waals surface area contributed by atoms with Gasteiger partial charge in [0.15, 0.2) is 0 Å². The molecule has 0 fully saturated rings. The topological polar surface area (TPSA) is 122 Å². The molecule has 1 aromatic heterocycles. The number of carbonyl (C=O) groups is 2. The molecule has 12 heteroatoms. The number of hydrogen-bond donors (Lipinski definition) is 2. The SMILES string of the molecule is Cc1c(COc2cc3c(cc2Cl)CN[C@H](C(=O)[O-])CCCCNC(=O)c2cncc(c2)CO3)cccc1-c1cccc(OCCCCl)c1C.[Li+]. The molecule has 0 saturated heterocycles. The van der Waals surface area contributed by atoms with Crippen LogP contribution >= 0.6 is 23.2 Å². The average molecular weight is 713 g/mol. The summed E-state index contributed by atoms with van der Waals surface area (Å²) in [6, 6.07) is 16.4. The van der Waals surface area contributed by atoms with Crippen molar-refractivity contribution in [3.63, 3.8) is 0 Å². The minimum absolute atomic E-state index is 0. The number of carboxylic acid groups (broad SMARTS) is 1. The van der Waals surface area contributed by atoms with E-state index in [-0.39, 0.29) is 44.5 Å². The van der Waals surface area contributed by atoms with Gasteiger partial charge in [-0.3, -0.25) is 9.78 Å². The number of fused-ring (bicyclic) bond motifs is 3. The van der Waals surface area contributed by atoms with Crippen LogP contribution in [0.5, 0.6) is 17.2 Å². The van der Waals surface area contributed by atoms with Crippen molar-refractivity contribution in [2.75, 3.05) is 19.0 Å². The summed E-state index contributed by atoms with van der Waals surface area (Å²) in [6.45, 7) is 5.63. The molecular formula is C38H40Cl2LiN3O6. The average Bonchev–Trinajstić information content (AvgIpc) is 3.09. The van der Waals surface area contributed by atoms with Crippen molar-refractivity contribution in [3.8, 4) is 28.4 Å². The van der Waals surface area contributed by atoms with Crippen molar-refractivity contribution in [1.82, 2.24) is 15.6 Å². The second-order valence-corrected chi connectivity index (χ2v) is 12.7. The first-order valence-corrected chi connectivity index (χ1v) is 17.3. The Hall–Kier alpha value is -3.71. The number of benzene rings is 3. The number of alkyl halides is 1. The number of carbonyl (C=O) groups excluding carboxylic acids is 2. The van der Waals surface area contributed by atoms with Gasteiger partial charge in [-0.2, -0.15) is 0 Å². The first-order valence-electron chi connectivity index (χ1n) is 16.4. The van der Waals surface area contributed by atoms with Crippen LogP contribution in [0.4, 0.5) is 0 Å². The van der Waals surface area contributed by atoms with Crippen LogP contribution in [0.2, 0.25) is 5.02 Å². The maximum atomic E-state index is 12.7. The Balaban J connectivity index is 0.00000562. The van der Waals surface area contributed by atoms with E-state index in [9.17, 15) is 14.7 Å². The van der Waals surface area contributed by atoms with Gasteiger partial charge in [-0.1, -0.05) is 41.9 Å². The van der Waals surface area contributed by atoms with E-state index in [1.807, 2.05) is 24.3 Å². The Kier molecular flexibility index (Phi) is 14.9. The normalized spacial score (nSPS) is 15.1. The number of hydrogen-bond acceptors (Lipinski definition) is 8. The van der Waals surface area contributed by atoms with E-state index in [4.69, 9.17) is 37.4 Å². The van der Waals surface area contributed by atoms with Crippen molar-refractivity contribution in [2.45, 2.75) is 65.3 Å². The van der Waals surface area contributed by atoms with E-state index in [2.05, 4.69) is 41.6 Å². The molecule has 5 rings (SSSR count). The number of rotatable bonds is 9. The standard InChI is InChI=1S/C38H41Cl2N3O6.Li/c1-24-27(8-5-9-30(24)31-10-6-12-34(25(31)2)47-15-7-13-39)23-49-36-18-35-28(17-32(36)40)21-43-33(38(45)46)11-3-4-14-42-37(44)29-16-26(22-48-35)19-41-20-29;/h5-6,8-10,12,16-20,33,43H,3-4,7,11,13-15,21-23H2,1-2H3,(H,42,44)(H,45,46);/q;+1/p-1/t33-;/m0./s1. The predicted octanol–water partition coefficient (Wildman–Crippen LogP) is 3.31. The van der Waals surface area contributed by atoms with Crippen molar-refractivity contribution >= 4 is 35.1 Å². The van der Waals surface area contributed by atoms with E-state index < -0.39 is 12.0 Å². The van der Waals surface area contributed by atoms with Gasteiger partial charge in [0.25, 0.3) is 5.91 Å². The minimum atomic E-state index is -1.20. The molecule has 0 unspecified atom stereocenters. The third-order valence-corrected chi connectivity index (χ3v) is 9.10. The van der Waals surface area contributed by atoms with Crippen molar-refractivity contribution in [3.05, 3.63) is 105 Å². The van der Waals surface area contributed by atoms with Gasteiger partial charge in [0.1, 0.15) is 30.5 Å². The summed E-state index contributed by atoms with van der Waals surface area (Å²) in [5, 5.41) is 18.2. The molecule has 2 bridgehead atoms. The molecule has 0 spiro atoms. The van der Waals surface area contributed by atoms with Crippen LogP contribution in [0.25, 0.3) is 11.1 Å². The molecule has 0 aliphatic carbocycles. The molecule has 2 N–H and O–H groups in total. The van der Waals surface area contributed by atoms with Crippen molar-refractivity contribution in [2.24, 2.45) is 0 Å². The van der Waals surface area contributed by atoms with Crippen molar-refractivity contribution in [1.29, 1.82) is 0 Å². The van der Waals surface area contributed by atoms with Gasteiger partial charge in [0.2, 0.25) is 0 Å². The first kappa shape index (κ1) is 39.1. The fraction of sp³-hybridized carbons (Fsp3) is 0.342. The summed E-state index contributed by atoms with van der Waals surface area (Å²) < 4.78 is 18.5. The van der Waals surface area contributed by atoms with Gasteiger partial charge in [-0.15, -0.1) is 11.6 Å². The molecule has 1 atom stereocenters. The molecule has 50 heavy (non-hydrogen) atoms. The molecule has 2 heterocycles. The first-order chi connectivity index (χ1) is 23.7. The minimum Gasteiger partial charge on any atom is -0.548 e. The molecule has 258 valence electrons. The number of nitrogens with zero attached hydrogens (tertiary/aromatic N) is 1. The van der Waals surface area contributed by atoms with Gasteiger partial charge >= 0.3 is 18.9 Å².